The molecule has 2 aromatic carbocycles. The van der Waals surface area contributed by atoms with Crippen LogP contribution >= 0.6 is 11.6 Å². The van der Waals surface area contributed by atoms with E-state index < -0.39 is 0 Å². The van der Waals surface area contributed by atoms with Crippen LogP contribution < -0.4 is 0 Å². The van der Waals surface area contributed by atoms with Crippen LogP contribution in [0, 0.1) is 0 Å². The van der Waals surface area contributed by atoms with E-state index in [-0.39, 0.29) is 0 Å². The van der Waals surface area contributed by atoms with Crippen molar-refractivity contribution in [2.24, 2.45) is 0 Å². The second-order valence-electron chi connectivity index (χ2n) is 5.63. The summed E-state index contributed by atoms with van der Waals surface area (Å²) in [5, 5.41) is 6.54. The number of benzene rings is 2. The van der Waals surface area contributed by atoms with E-state index in [1.54, 1.807) is 0 Å². The molecule has 2 heterocycles. The Morgan fingerprint density at radius 1 is 1.04 bits per heavy atom. The zero-order valence-electron chi connectivity index (χ0n) is 12.8. The molecule has 0 aliphatic heterocycles. The Morgan fingerprint density at radius 2 is 1.87 bits per heavy atom. The van der Waals surface area contributed by atoms with Crippen molar-refractivity contribution in [3.8, 4) is 11.3 Å². The summed E-state index contributed by atoms with van der Waals surface area (Å²) in [4.78, 5) is 4.78. The van der Waals surface area contributed by atoms with Crippen LogP contribution in [0.15, 0.2) is 54.6 Å². The molecule has 23 heavy (non-hydrogen) atoms. The Bertz CT molecular complexity index is 990. The Labute approximate surface area is 139 Å². The lowest BCUT2D eigenvalue weighted by molar-refractivity contribution is 0.772. The number of fused-ring (bicyclic) bond motifs is 3. The average molecular weight is 322 g/mol. The van der Waals surface area contributed by atoms with Gasteiger partial charge in [0.05, 0.1) is 16.7 Å². The maximum atomic E-state index is 6.19. The summed E-state index contributed by atoms with van der Waals surface area (Å²) in [6.07, 6.45) is 1.92. The van der Waals surface area contributed by atoms with Gasteiger partial charge in [-0.2, -0.15) is 5.10 Å². The number of aryl methyl sites for hydroxylation is 1. The van der Waals surface area contributed by atoms with Crippen molar-refractivity contribution < 1.29 is 0 Å². The number of nitrogens with zero attached hydrogens (tertiary/aromatic N) is 3. The van der Waals surface area contributed by atoms with E-state index in [0.717, 1.165) is 46.3 Å². The molecule has 4 heteroatoms. The summed E-state index contributed by atoms with van der Waals surface area (Å²) in [6, 6.07) is 18.2. The molecular weight excluding hydrogens is 306 g/mol. The van der Waals surface area contributed by atoms with E-state index in [1.807, 2.05) is 40.9 Å². The average Bonchev–Trinajstić information content (AvgIpc) is 3.02. The summed E-state index contributed by atoms with van der Waals surface area (Å²) in [5.41, 5.74) is 4.08. The van der Waals surface area contributed by atoms with Crippen LogP contribution in [0.1, 0.15) is 19.2 Å². The van der Waals surface area contributed by atoms with Gasteiger partial charge in [0.2, 0.25) is 0 Å². The molecule has 3 nitrogen and oxygen atoms in total. The third-order valence-corrected chi connectivity index (χ3v) is 4.22. The van der Waals surface area contributed by atoms with Crippen LogP contribution in [0.5, 0.6) is 0 Å². The normalized spacial score (nSPS) is 11.4. The van der Waals surface area contributed by atoms with Crippen molar-refractivity contribution in [2.45, 2.75) is 19.8 Å². The molecule has 2 aromatic heterocycles. The first-order chi connectivity index (χ1) is 11.3. The predicted octanol–water partition coefficient (Wildman–Crippen LogP) is 5.16. The van der Waals surface area contributed by atoms with Gasteiger partial charge in [0.25, 0.3) is 0 Å². The fraction of sp³-hybridized carbons (Fsp3) is 0.158. The maximum absolute atomic E-state index is 6.19. The van der Waals surface area contributed by atoms with Crippen molar-refractivity contribution in [2.75, 3.05) is 0 Å². The van der Waals surface area contributed by atoms with Crippen molar-refractivity contribution in [1.29, 1.82) is 0 Å². The van der Waals surface area contributed by atoms with Gasteiger partial charge in [-0.25, -0.2) is 9.50 Å². The number of hydrogen-bond acceptors (Lipinski definition) is 2. The first-order valence-corrected chi connectivity index (χ1v) is 8.17. The second-order valence-corrected chi connectivity index (χ2v) is 6.07. The van der Waals surface area contributed by atoms with Crippen LogP contribution in [-0.4, -0.2) is 14.6 Å². The van der Waals surface area contributed by atoms with Gasteiger partial charge in [0.15, 0.2) is 0 Å². The molecule has 0 aliphatic carbocycles. The van der Waals surface area contributed by atoms with Crippen LogP contribution in [0.4, 0.5) is 0 Å². The van der Waals surface area contributed by atoms with Crippen molar-refractivity contribution in [1.82, 2.24) is 14.6 Å². The summed E-state index contributed by atoms with van der Waals surface area (Å²) in [7, 11) is 0. The Kier molecular flexibility index (Phi) is 3.50. The topological polar surface area (TPSA) is 30.2 Å². The largest absolute Gasteiger partial charge is 0.233 e. The smallest absolute Gasteiger partial charge is 0.131 e. The van der Waals surface area contributed by atoms with E-state index >= 15 is 0 Å². The second kappa shape index (κ2) is 5.67. The molecule has 0 amide bonds. The fourth-order valence-corrected chi connectivity index (χ4v) is 3.07. The van der Waals surface area contributed by atoms with E-state index in [0.29, 0.717) is 5.02 Å². The maximum Gasteiger partial charge on any atom is 0.131 e. The van der Waals surface area contributed by atoms with Gasteiger partial charge in [0, 0.05) is 22.4 Å². The first kappa shape index (κ1) is 14.2. The predicted molar refractivity (Wildman–Crippen MR) is 94.9 cm³/mol. The van der Waals surface area contributed by atoms with E-state index in [2.05, 4.69) is 25.1 Å². The van der Waals surface area contributed by atoms with Gasteiger partial charge >= 0.3 is 0 Å². The number of halogens is 1. The highest BCUT2D eigenvalue weighted by Crippen LogP contribution is 2.27. The molecule has 0 radical (unpaired) electrons. The lowest BCUT2D eigenvalue weighted by Crippen LogP contribution is -2.03. The zero-order chi connectivity index (χ0) is 15.8. The van der Waals surface area contributed by atoms with Gasteiger partial charge in [-0.3, -0.25) is 0 Å². The lowest BCUT2D eigenvalue weighted by Gasteiger charge is -2.06. The number of aromatic nitrogens is 3. The molecule has 114 valence electrons. The summed E-state index contributed by atoms with van der Waals surface area (Å²) in [5.74, 6) is 0.986. The van der Waals surface area contributed by atoms with Gasteiger partial charge in [-0.1, -0.05) is 48.9 Å². The highest BCUT2D eigenvalue weighted by Gasteiger charge is 2.12. The fourth-order valence-electron chi connectivity index (χ4n) is 2.90. The Balaban J connectivity index is 2.05. The molecule has 0 spiro atoms. The minimum absolute atomic E-state index is 0.715. The molecule has 0 saturated carbocycles. The third kappa shape index (κ3) is 2.47. The lowest BCUT2D eigenvalue weighted by atomic mass is 10.1. The molecule has 0 bridgehead atoms. The van der Waals surface area contributed by atoms with Crippen molar-refractivity contribution >= 4 is 28.0 Å². The minimum atomic E-state index is 0.715. The van der Waals surface area contributed by atoms with Crippen LogP contribution in [0.3, 0.4) is 0 Å². The Morgan fingerprint density at radius 3 is 2.65 bits per heavy atom. The number of hydrogen-bond donors (Lipinski definition) is 0. The van der Waals surface area contributed by atoms with Crippen LogP contribution in [-0.2, 0) is 6.42 Å². The van der Waals surface area contributed by atoms with Crippen LogP contribution in [0.2, 0.25) is 5.02 Å². The highest BCUT2D eigenvalue weighted by atomic mass is 35.5. The first-order valence-electron chi connectivity index (χ1n) is 7.79. The van der Waals surface area contributed by atoms with Gasteiger partial charge in [0.1, 0.15) is 5.82 Å². The van der Waals surface area contributed by atoms with Crippen LogP contribution in [0.25, 0.3) is 27.7 Å². The Hall–Kier alpha value is -2.39. The molecule has 4 aromatic rings. The summed E-state index contributed by atoms with van der Waals surface area (Å²) >= 11 is 6.19. The summed E-state index contributed by atoms with van der Waals surface area (Å²) in [6.45, 7) is 2.15. The molecule has 0 unspecified atom stereocenters. The van der Waals surface area contributed by atoms with Crippen molar-refractivity contribution in [3.63, 3.8) is 0 Å². The molecule has 0 fully saturated rings. The molecule has 0 aliphatic rings. The molecule has 0 N–H and O–H groups in total. The standard InChI is InChI=1S/C19H16ClN3/c1-2-6-19-21-16-10-9-14(20)11-15(16)18-12-17(22-23(18)19)13-7-4-3-5-8-13/h3-5,7-12H,2,6H2,1H3. The molecule has 4 rings (SSSR count). The van der Waals surface area contributed by atoms with Gasteiger partial charge < -0.3 is 0 Å². The molecular formula is C19H16ClN3. The van der Waals surface area contributed by atoms with E-state index in [1.165, 1.54) is 0 Å². The number of rotatable bonds is 3. The minimum Gasteiger partial charge on any atom is -0.233 e. The monoisotopic (exact) mass is 321 g/mol. The van der Waals surface area contributed by atoms with Crippen molar-refractivity contribution in [3.05, 3.63) is 65.4 Å². The van der Waals surface area contributed by atoms with Gasteiger partial charge in [-0.05, 0) is 30.7 Å². The van der Waals surface area contributed by atoms with E-state index in [4.69, 9.17) is 21.7 Å². The van der Waals surface area contributed by atoms with Gasteiger partial charge in [-0.15, -0.1) is 0 Å². The summed E-state index contributed by atoms with van der Waals surface area (Å²) < 4.78 is 1.96. The molecule has 0 atom stereocenters. The molecule has 0 saturated heterocycles. The quantitative estimate of drug-likeness (QED) is 0.522. The zero-order valence-corrected chi connectivity index (χ0v) is 13.6. The third-order valence-electron chi connectivity index (χ3n) is 3.98. The highest BCUT2D eigenvalue weighted by molar-refractivity contribution is 6.31. The van der Waals surface area contributed by atoms with E-state index in [9.17, 15) is 0 Å². The SMILES string of the molecule is CCCc1nc2ccc(Cl)cc2c2cc(-c3ccccc3)nn12.